The number of tetrazole rings is 1. The fourth-order valence-corrected chi connectivity index (χ4v) is 2.34. The summed E-state index contributed by atoms with van der Waals surface area (Å²) in [6, 6.07) is -0.606. The van der Waals surface area contributed by atoms with Crippen molar-refractivity contribution in [3.63, 3.8) is 0 Å². The number of hydrazine groups is 1. The van der Waals surface area contributed by atoms with E-state index in [9.17, 15) is 4.79 Å². The molecular weight excluding hydrogens is 332 g/mol. The summed E-state index contributed by atoms with van der Waals surface area (Å²) in [7, 11) is 0. The zero-order valence-corrected chi connectivity index (χ0v) is 14.4. The lowest BCUT2D eigenvalue weighted by Crippen LogP contribution is -2.49. The first-order valence-electron chi connectivity index (χ1n) is 8.09. The highest BCUT2D eigenvalue weighted by atomic mass is 32.1. The summed E-state index contributed by atoms with van der Waals surface area (Å²) in [5.41, 5.74) is 5.25. The maximum absolute atomic E-state index is 12.2. The van der Waals surface area contributed by atoms with Crippen LogP contribution in [0.3, 0.4) is 0 Å². The van der Waals surface area contributed by atoms with Gasteiger partial charge < -0.3 is 15.0 Å². The normalized spacial score (nSPS) is 18.8. The molecule has 132 valence electrons. The van der Waals surface area contributed by atoms with Gasteiger partial charge in [-0.15, -0.1) is 9.90 Å². The predicted molar refractivity (Wildman–Crippen MR) is 90.2 cm³/mol. The summed E-state index contributed by atoms with van der Waals surface area (Å²) < 4.78 is 5.29. The molecule has 1 saturated heterocycles. The largest absolute Gasteiger partial charge is 0.378 e. The first kappa shape index (κ1) is 16.8. The molecule has 1 atom stereocenters. The molecule has 10 nitrogen and oxygen atoms in total. The van der Waals surface area contributed by atoms with E-state index in [4.69, 9.17) is 17.0 Å². The molecule has 1 amide bonds. The molecule has 0 aromatic carbocycles. The molecule has 11 heteroatoms. The average Bonchev–Trinajstić information content (AvgIpc) is 3.32. The quantitative estimate of drug-likeness (QED) is 0.452. The summed E-state index contributed by atoms with van der Waals surface area (Å²) in [5.74, 6) is 0.918. The van der Waals surface area contributed by atoms with E-state index in [1.807, 2.05) is 4.90 Å². The summed E-state index contributed by atoms with van der Waals surface area (Å²) in [6.45, 7) is 5.25. The van der Waals surface area contributed by atoms with Gasteiger partial charge in [-0.1, -0.05) is 5.10 Å². The van der Waals surface area contributed by atoms with Gasteiger partial charge in [-0.05, 0) is 43.1 Å². The molecule has 0 spiro atoms. The van der Waals surface area contributed by atoms with E-state index in [1.54, 1.807) is 6.92 Å². The van der Waals surface area contributed by atoms with Crippen molar-refractivity contribution in [3.05, 3.63) is 0 Å². The van der Waals surface area contributed by atoms with Crippen LogP contribution in [0.1, 0.15) is 25.8 Å². The summed E-state index contributed by atoms with van der Waals surface area (Å²) in [6.07, 6.45) is 2.48. The number of anilines is 1. The molecule has 2 fully saturated rings. The van der Waals surface area contributed by atoms with Crippen LogP contribution in [0, 0.1) is 5.92 Å². The van der Waals surface area contributed by atoms with Crippen molar-refractivity contribution in [1.29, 1.82) is 0 Å². The Labute approximate surface area is 145 Å². The minimum Gasteiger partial charge on any atom is -0.378 e. The van der Waals surface area contributed by atoms with Gasteiger partial charge in [0.2, 0.25) is 0 Å². The van der Waals surface area contributed by atoms with Gasteiger partial charge in [-0.3, -0.25) is 15.6 Å². The monoisotopic (exact) mass is 354 g/mol. The van der Waals surface area contributed by atoms with Crippen molar-refractivity contribution in [2.24, 2.45) is 5.92 Å². The van der Waals surface area contributed by atoms with E-state index in [2.05, 4.69) is 31.6 Å². The van der Waals surface area contributed by atoms with Crippen molar-refractivity contribution in [3.8, 4) is 0 Å². The first-order chi connectivity index (χ1) is 11.6. The number of ether oxygens (including phenoxy) is 1. The van der Waals surface area contributed by atoms with Gasteiger partial charge in [0.15, 0.2) is 11.2 Å². The molecule has 1 aromatic heterocycles. The van der Waals surface area contributed by atoms with Crippen molar-refractivity contribution in [2.75, 3.05) is 37.7 Å². The van der Waals surface area contributed by atoms with E-state index >= 15 is 0 Å². The number of amides is 1. The van der Waals surface area contributed by atoms with Gasteiger partial charge in [0.1, 0.15) is 0 Å². The topological polar surface area (TPSA) is 109 Å². The van der Waals surface area contributed by atoms with Crippen LogP contribution in [0.2, 0.25) is 0 Å². The third-order valence-corrected chi connectivity index (χ3v) is 4.23. The predicted octanol–water partition coefficient (Wildman–Crippen LogP) is -1.02. The second-order valence-corrected chi connectivity index (χ2v) is 6.36. The number of thiocarbonyl (C=S) groups is 1. The second kappa shape index (κ2) is 7.71. The number of carbonyl (C=O) groups is 1. The number of rotatable bonds is 5. The minimum absolute atomic E-state index is 0.295. The highest BCUT2D eigenvalue weighted by Crippen LogP contribution is 2.27. The summed E-state index contributed by atoms with van der Waals surface area (Å²) >= 11 is 5.11. The Hall–Kier alpha value is -2.01. The zero-order chi connectivity index (χ0) is 16.9. The Balaban J connectivity index is 1.45. The molecule has 0 radical (unpaired) electrons. The van der Waals surface area contributed by atoms with Crippen LogP contribution in [0.4, 0.5) is 5.95 Å². The molecule has 1 aliphatic carbocycles. The molecule has 1 saturated carbocycles. The highest BCUT2D eigenvalue weighted by molar-refractivity contribution is 7.80. The minimum atomic E-state index is -0.606. The lowest BCUT2D eigenvalue weighted by Gasteiger charge is -2.24. The van der Waals surface area contributed by atoms with E-state index in [1.165, 1.54) is 17.6 Å². The van der Waals surface area contributed by atoms with Gasteiger partial charge in [0.05, 0.1) is 13.2 Å². The molecule has 3 rings (SSSR count). The third-order valence-electron chi connectivity index (χ3n) is 3.98. The van der Waals surface area contributed by atoms with Gasteiger partial charge in [0, 0.05) is 19.6 Å². The number of hydrogen-bond donors (Lipinski definition) is 3. The van der Waals surface area contributed by atoms with E-state index < -0.39 is 6.04 Å². The van der Waals surface area contributed by atoms with E-state index in [0.717, 1.165) is 19.6 Å². The smallest absolute Gasteiger partial charge is 0.266 e. The van der Waals surface area contributed by atoms with Crippen LogP contribution in [-0.4, -0.2) is 64.1 Å². The van der Waals surface area contributed by atoms with Gasteiger partial charge >= 0.3 is 0 Å². The number of nitrogens with zero attached hydrogens (tertiary/aromatic N) is 5. The maximum Gasteiger partial charge on any atom is 0.266 e. The molecule has 0 bridgehead atoms. The zero-order valence-electron chi connectivity index (χ0n) is 13.6. The van der Waals surface area contributed by atoms with Crippen molar-refractivity contribution < 1.29 is 9.53 Å². The lowest BCUT2D eigenvalue weighted by atomic mass is 10.3. The Kier molecular flexibility index (Phi) is 5.41. The van der Waals surface area contributed by atoms with Gasteiger partial charge in [-0.25, -0.2) is 0 Å². The highest BCUT2D eigenvalue weighted by Gasteiger charge is 2.23. The number of hydrogen-bond acceptors (Lipinski definition) is 7. The number of carbonyl (C=O) groups excluding carboxylic acids is 1. The fraction of sp³-hybridized carbons (Fsp3) is 0.769. The summed E-state index contributed by atoms with van der Waals surface area (Å²) in [5, 5.41) is 15.7. The fourth-order valence-electron chi connectivity index (χ4n) is 2.20. The third kappa shape index (κ3) is 4.51. The van der Waals surface area contributed by atoms with Crippen LogP contribution in [0.25, 0.3) is 0 Å². The Bertz CT molecular complexity index is 584. The second-order valence-electron chi connectivity index (χ2n) is 5.95. The Morgan fingerprint density at radius 2 is 2.12 bits per heavy atom. The molecule has 1 aliphatic heterocycles. The Morgan fingerprint density at radius 3 is 2.83 bits per heavy atom. The van der Waals surface area contributed by atoms with Crippen molar-refractivity contribution in [2.45, 2.75) is 25.8 Å². The van der Waals surface area contributed by atoms with Crippen LogP contribution in [0.15, 0.2) is 0 Å². The standard InChI is InChI=1S/C13H22N8O2S/c1-9(11(22)15-17-13(24)14-8-10-2-3-10)21-18-12(16-19-21)20-4-6-23-7-5-20/h9-10H,2-8H2,1H3,(H,15,22)(H2,14,17,24)/t9-/m0/s1. The van der Waals surface area contributed by atoms with E-state index in [-0.39, 0.29) is 5.91 Å². The molecule has 3 N–H and O–H groups in total. The number of nitrogens with one attached hydrogen (secondary N) is 3. The van der Waals surface area contributed by atoms with Crippen LogP contribution in [0.5, 0.6) is 0 Å². The maximum atomic E-state index is 12.2. The van der Waals surface area contributed by atoms with Gasteiger partial charge in [-0.2, -0.15) is 0 Å². The van der Waals surface area contributed by atoms with Crippen molar-refractivity contribution >= 4 is 29.2 Å². The molecular formula is C13H22N8O2S. The average molecular weight is 354 g/mol. The molecule has 2 heterocycles. The molecule has 2 aliphatic rings. The number of aromatic nitrogens is 4. The molecule has 1 aromatic rings. The first-order valence-corrected chi connectivity index (χ1v) is 8.50. The van der Waals surface area contributed by atoms with E-state index in [0.29, 0.717) is 30.2 Å². The van der Waals surface area contributed by atoms with Crippen LogP contribution in [-0.2, 0) is 9.53 Å². The van der Waals surface area contributed by atoms with Crippen LogP contribution >= 0.6 is 12.2 Å². The summed E-state index contributed by atoms with van der Waals surface area (Å²) in [4.78, 5) is 15.4. The molecule has 0 unspecified atom stereocenters. The van der Waals surface area contributed by atoms with Crippen LogP contribution < -0.4 is 21.1 Å². The number of morpholine rings is 1. The SMILES string of the molecule is C[C@@H](C(=O)NNC(=S)NCC1CC1)n1nnc(N2CCOCC2)n1. The van der Waals surface area contributed by atoms with Crippen molar-refractivity contribution in [1.82, 2.24) is 36.4 Å². The Morgan fingerprint density at radius 1 is 1.38 bits per heavy atom. The lowest BCUT2D eigenvalue weighted by molar-refractivity contribution is -0.125. The van der Waals surface area contributed by atoms with Gasteiger partial charge in [0.25, 0.3) is 11.9 Å². The molecule has 24 heavy (non-hydrogen) atoms.